The minimum absolute atomic E-state index is 0.124. The molecule has 0 spiro atoms. The van der Waals surface area contributed by atoms with Crippen molar-refractivity contribution in [3.05, 3.63) is 58.9 Å². The summed E-state index contributed by atoms with van der Waals surface area (Å²) in [5, 5.41) is 1.27. The molecule has 1 aromatic carbocycles. The van der Waals surface area contributed by atoms with Crippen LogP contribution in [-0.4, -0.2) is 35.8 Å². The van der Waals surface area contributed by atoms with Gasteiger partial charge in [0.15, 0.2) is 0 Å². The number of carbonyl (C=O) groups excluding carboxylic acids is 2. The van der Waals surface area contributed by atoms with Crippen molar-refractivity contribution in [2.24, 2.45) is 5.92 Å². The molecule has 5 nitrogen and oxygen atoms in total. The number of aromatic nitrogens is 1. The number of nitrogens with one attached hydrogen (secondary N) is 1. The summed E-state index contributed by atoms with van der Waals surface area (Å²) in [5.41, 5.74) is 4.88. The van der Waals surface area contributed by atoms with Crippen molar-refractivity contribution in [3.63, 3.8) is 0 Å². The monoisotopic (exact) mass is 350 g/mol. The number of ether oxygens (including phenoxy) is 1. The molecule has 5 heteroatoms. The van der Waals surface area contributed by atoms with E-state index < -0.39 is 0 Å². The van der Waals surface area contributed by atoms with Crippen molar-refractivity contribution in [1.29, 1.82) is 0 Å². The van der Waals surface area contributed by atoms with Gasteiger partial charge in [-0.3, -0.25) is 4.79 Å². The van der Waals surface area contributed by atoms with Gasteiger partial charge in [0.2, 0.25) is 0 Å². The largest absolute Gasteiger partial charge is 0.466 e. The van der Waals surface area contributed by atoms with Gasteiger partial charge in [-0.1, -0.05) is 24.3 Å². The number of hydrogen-bond acceptors (Lipinski definition) is 4. The molecule has 0 bridgehead atoms. The second-order valence-electron chi connectivity index (χ2n) is 6.84. The topological polar surface area (TPSA) is 62.4 Å². The van der Waals surface area contributed by atoms with E-state index in [1.807, 2.05) is 19.2 Å². The lowest BCUT2D eigenvalue weighted by Gasteiger charge is -2.41. The van der Waals surface area contributed by atoms with Gasteiger partial charge in [-0.2, -0.15) is 0 Å². The molecule has 2 aliphatic rings. The summed E-state index contributed by atoms with van der Waals surface area (Å²) in [6.45, 7) is 2.68. The fourth-order valence-electron chi connectivity index (χ4n) is 4.34. The number of aldehydes is 1. The Balaban J connectivity index is 1.82. The van der Waals surface area contributed by atoms with E-state index in [9.17, 15) is 9.59 Å². The second-order valence-corrected chi connectivity index (χ2v) is 6.84. The van der Waals surface area contributed by atoms with Crippen molar-refractivity contribution in [3.8, 4) is 0 Å². The SMILES string of the molecule is C/C=C(/C=O)[C@@H]1C[C@H]2c3[nH]c4ccccc4c3CCN2C=C1C(=O)OC. The minimum atomic E-state index is -0.364. The Bertz CT molecular complexity index is 938. The Labute approximate surface area is 152 Å². The summed E-state index contributed by atoms with van der Waals surface area (Å²) in [6.07, 6.45) is 6.14. The second kappa shape index (κ2) is 6.48. The van der Waals surface area contributed by atoms with Gasteiger partial charge < -0.3 is 14.6 Å². The van der Waals surface area contributed by atoms with E-state index in [1.54, 1.807) is 6.08 Å². The third-order valence-electron chi connectivity index (χ3n) is 5.63. The molecule has 0 aliphatic carbocycles. The van der Waals surface area contributed by atoms with Crippen molar-refractivity contribution < 1.29 is 14.3 Å². The molecule has 4 rings (SSSR count). The molecule has 0 amide bonds. The standard InChI is InChI=1S/C21H22N2O3/c1-3-13(12-24)16-10-19-20-15(14-6-4-5-7-18(14)22-20)8-9-23(19)11-17(16)21(25)26-2/h3-7,11-12,16,19,22H,8-10H2,1-2H3/b13-3-/t16-,19-/m0/s1. The number of fused-ring (bicyclic) bond motifs is 5. The molecule has 1 aromatic heterocycles. The number of hydrogen-bond donors (Lipinski definition) is 1. The van der Waals surface area contributed by atoms with Crippen LogP contribution in [0, 0.1) is 5.92 Å². The van der Waals surface area contributed by atoms with Gasteiger partial charge in [0.05, 0.1) is 18.7 Å². The summed E-state index contributed by atoms with van der Waals surface area (Å²) in [5.74, 6) is -0.611. The van der Waals surface area contributed by atoms with Gasteiger partial charge in [0.1, 0.15) is 6.29 Å². The van der Waals surface area contributed by atoms with Crippen molar-refractivity contribution in [1.82, 2.24) is 9.88 Å². The molecule has 0 radical (unpaired) electrons. The molecule has 1 N–H and O–H groups in total. The Morgan fingerprint density at radius 1 is 1.35 bits per heavy atom. The van der Waals surface area contributed by atoms with Crippen LogP contribution in [0.2, 0.25) is 0 Å². The molecule has 2 aromatic rings. The van der Waals surface area contributed by atoms with Crippen LogP contribution in [0.5, 0.6) is 0 Å². The number of benzene rings is 1. The fourth-order valence-corrected chi connectivity index (χ4v) is 4.34. The van der Waals surface area contributed by atoms with E-state index in [-0.39, 0.29) is 17.9 Å². The molecule has 3 heterocycles. The lowest BCUT2D eigenvalue weighted by atomic mass is 9.80. The first-order valence-electron chi connectivity index (χ1n) is 8.94. The number of methoxy groups -OCH3 is 1. The average molecular weight is 350 g/mol. The van der Waals surface area contributed by atoms with Crippen LogP contribution in [0.3, 0.4) is 0 Å². The summed E-state index contributed by atoms with van der Waals surface area (Å²) < 4.78 is 4.97. The number of nitrogens with zero attached hydrogens (tertiary/aromatic N) is 1. The van der Waals surface area contributed by atoms with Crippen molar-refractivity contribution >= 4 is 23.2 Å². The maximum atomic E-state index is 12.3. The predicted octanol–water partition coefficient (Wildman–Crippen LogP) is 3.29. The summed E-state index contributed by atoms with van der Waals surface area (Å²) in [4.78, 5) is 29.7. The van der Waals surface area contributed by atoms with Gasteiger partial charge in [0, 0.05) is 35.3 Å². The van der Waals surface area contributed by atoms with E-state index in [0.29, 0.717) is 17.6 Å². The lowest BCUT2D eigenvalue weighted by molar-refractivity contribution is -0.137. The molecule has 134 valence electrons. The number of rotatable bonds is 3. The van der Waals surface area contributed by atoms with E-state index in [4.69, 9.17) is 4.74 Å². The van der Waals surface area contributed by atoms with Crippen LogP contribution in [0.4, 0.5) is 0 Å². The molecular formula is C21H22N2O3. The first-order valence-corrected chi connectivity index (χ1v) is 8.94. The van der Waals surface area contributed by atoms with Crippen molar-refractivity contribution in [2.75, 3.05) is 13.7 Å². The Kier molecular flexibility index (Phi) is 4.15. The molecule has 2 atom stereocenters. The van der Waals surface area contributed by atoms with Crippen molar-refractivity contribution in [2.45, 2.75) is 25.8 Å². The van der Waals surface area contributed by atoms with Crippen LogP contribution in [0.15, 0.2) is 47.7 Å². The van der Waals surface area contributed by atoms with Crippen LogP contribution >= 0.6 is 0 Å². The number of aromatic amines is 1. The number of carbonyl (C=O) groups is 2. The number of H-pyrrole nitrogens is 1. The third kappa shape index (κ3) is 2.46. The van der Waals surface area contributed by atoms with Gasteiger partial charge in [-0.15, -0.1) is 0 Å². The third-order valence-corrected chi connectivity index (χ3v) is 5.63. The number of esters is 1. The molecule has 26 heavy (non-hydrogen) atoms. The quantitative estimate of drug-likeness (QED) is 0.524. The minimum Gasteiger partial charge on any atom is -0.466 e. The summed E-state index contributed by atoms with van der Waals surface area (Å²) in [6, 6.07) is 8.47. The maximum Gasteiger partial charge on any atom is 0.335 e. The maximum absolute atomic E-state index is 12.3. The zero-order valence-corrected chi connectivity index (χ0v) is 15.0. The molecule has 0 fully saturated rings. The molecule has 0 saturated carbocycles. The normalized spacial score (nSPS) is 22.5. The number of allylic oxidation sites excluding steroid dienone is 2. The lowest BCUT2D eigenvalue weighted by Crippen LogP contribution is -2.38. The van der Waals surface area contributed by atoms with Gasteiger partial charge in [-0.25, -0.2) is 4.79 Å². The van der Waals surface area contributed by atoms with Gasteiger partial charge in [-0.05, 0) is 37.0 Å². The van der Waals surface area contributed by atoms with Crippen LogP contribution in [0.1, 0.15) is 30.6 Å². The predicted molar refractivity (Wildman–Crippen MR) is 99.5 cm³/mol. The van der Waals surface area contributed by atoms with E-state index >= 15 is 0 Å². The first kappa shape index (κ1) is 16.6. The van der Waals surface area contributed by atoms with Crippen LogP contribution in [0.25, 0.3) is 10.9 Å². The molecule has 0 saturated heterocycles. The highest BCUT2D eigenvalue weighted by Gasteiger charge is 2.39. The highest BCUT2D eigenvalue weighted by molar-refractivity contribution is 5.92. The van der Waals surface area contributed by atoms with Crippen LogP contribution in [-0.2, 0) is 20.7 Å². The zero-order chi connectivity index (χ0) is 18.3. The molecular weight excluding hydrogens is 328 g/mol. The summed E-state index contributed by atoms with van der Waals surface area (Å²) in [7, 11) is 1.38. The van der Waals surface area contributed by atoms with E-state index in [2.05, 4.69) is 28.1 Å². The number of para-hydroxylation sites is 1. The molecule has 0 unspecified atom stereocenters. The van der Waals surface area contributed by atoms with Gasteiger partial charge >= 0.3 is 5.97 Å². The Morgan fingerprint density at radius 3 is 2.88 bits per heavy atom. The van der Waals surface area contributed by atoms with Crippen LogP contribution < -0.4 is 0 Å². The fraction of sp³-hybridized carbons (Fsp3) is 0.333. The highest BCUT2D eigenvalue weighted by atomic mass is 16.5. The average Bonchev–Trinajstić information content (AvgIpc) is 3.07. The Hall–Kier alpha value is -2.82. The Morgan fingerprint density at radius 2 is 2.15 bits per heavy atom. The van der Waals surface area contributed by atoms with Gasteiger partial charge in [0.25, 0.3) is 0 Å². The summed E-state index contributed by atoms with van der Waals surface area (Å²) >= 11 is 0. The first-order chi connectivity index (χ1) is 12.7. The zero-order valence-electron chi connectivity index (χ0n) is 15.0. The van der Waals surface area contributed by atoms with E-state index in [1.165, 1.54) is 23.8 Å². The highest BCUT2D eigenvalue weighted by Crippen LogP contribution is 2.44. The smallest absolute Gasteiger partial charge is 0.335 e. The van der Waals surface area contributed by atoms with E-state index in [0.717, 1.165) is 24.8 Å². The molecule has 2 aliphatic heterocycles.